The van der Waals surface area contributed by atoms with Crippen LogP contribution in [0.4, 0.5) is 0 Å². The summed E-state index contributed by atoms with van der Waals surface area (Å²) >= 11 is 51.6. The first-order valence-corrected chi connectivity index (χ1v) is 48.1. The Bertz CT molecular complexity index is 5590. The summed E-state index contributed by atoms with van der Waals surface area (Å²) in [6.45, 7) is 9.35. The molecule has 39 heteroatoms. The number of hydrogen-bond acceptors (Lipinski definition) is 22. The number of aliphatic hydroxyl groups is 2. The average molecular weight is 2260 g/mol. The van der Waals surface area contributed by atoms with E-state index in [0.717, 1.165) is 47.9 Å². The van der Waals surface area contributed by atoms with E-state index in [2.05, 4.69) is 179 Å². The Morgan fingerprint density at radius 1 is 0.551 bits per heavy atom. The second kappa shape index (κ2) is 64.1. The van der Waals surface area contributed by atoms with Gasteiger partial charge in [-0.1, -0.05) is 205 Å². The van der Waals surface area contributed by atoms with Gasteiger partial charge in [0.05, 0.1) is 31.3 Å². The quantitative estimate of drug-likeness (QED) is 0.00557. The summed E-state index contributed by atoms with van der Waals surface area (Å²) < 4.78 is 71.9. The first-order chi connectivity index (χ1) is 63.9. The number of halogens is 11. The number of aldehydes is 1. The van der Waals surface area contributed by atoms with Crippen LogP contribution in [0.3, 0.4) is 0 Å². The van der Waals surface area contributed by atoms with Gasteiger partial charge in [0, 0.05) is 133 Å². The number of methoxy groups -OCH3 is 8. The van der Waals surface area contributed by atoms with Crippen molar-refractivity contribution < 1.29 is 136 Å². The number of unbranched alkanes of at least 4 members (excludes halogenated alkanes) is 1. The maximum Gasteiger partial charge on any atom is 1.00 e. The van der Waals surface area contributed by atoms with Gasteiger partial charge in [0.1, 0.15) is 81.8 Å². The zero-order valence-corrected chi connectivity index (χ0v) is 89.2. The Hall–Kier alpha value is -5.83. The summed E-state index contributed by atoms with van der Waals surface area (Å²) in [5, 5.41) is 30.4. The van der Waals surface area contributed by atoms with Crippen LogP contribution in [0.15, 0.2) is 239 Å². The number of aromatic nitrogens is 6. The second-order valence-electron chi connectivity index (χ2n) is 29.5. The normalized spacial score (nSPS) is 16.8. The SMILES string of the molecule is C.C.CO/C=C/c1cc(Cl)ccc1Br.COC(Cc1[c-]ccc(Cl)c1)OC.COC(Cc1cc(Cl)ccc1Br)OC.COC(Cc1cc(Cl)ccc1C(=O)[C@H]1O[C@@H](n2ccc3c(Cl)ncnc32)[C@@H]2OC(C)(C)O[C@@H]21)OC.COC[P+](c1ccccc1)(c1ccccc1)c1ccccc1.CON(C)C(=O)[C@H]1O[C@@H](n2ccc3c(Cl)ncnc32)[C@H](O)[C@@H]1O.O=Cc1cc(Cl)ccc1Br.[CH2-]CCC.[Cl-].[Li+].[Li+]. The molecule has 8 aromatic carbocycles. The number of amides is 1. The number of Topliss-reactive ketones (excluding diaryl/α,β-unsaturated/α-hetero) is 1. The number of hydroxylamine groups is 2. The number of ether oxygens (including phenoxy) is 12. The van der Waals surface area contributed by atoms with E-state index >= 15 is 0 Å². The van der Waals surface area contributed by atoms with E-state index in [-0.39, 0.29) is 88.5 Å². The van der Waals surface area contributed by atoms with Crippen LogP contribution in [0, 0.1) is 13.0 Å². The average Bonchev–Trinajstić information content (AvgIpc) is 1.51. The number of fused-ring (bicyclic) bond motifs is 3. The molecule has 3 aliphatic heterocycles. The van der Waals surface area contributed by atoms with Crippen LogP contribution >= 0.6 is 136 Å². The molecule has 3 fully saturated rings. The van der Waals surface area contributed by atoms with Crippen LogP contribution in [0.25, 0.3) is 28.1 Å². The standard InChI is InChI=1S/C24H25Cl2N3O6.C20H20OP.C13H15ClN4O5.C10H12BrClO2.C10H12ClO2.C9H8BrClO.C7H4BrClO.C4H9.2CH4.ClH.2Li/c1-24(2)34-19-18(17(30)14-6-5-13(25)9-12(14)10-16(31-3)32-4)33-23(20(19)35-24)29-8-7-15-21(26)27-11-28-22(15)29;1-21-17-22(18-11-5-2-6-12-18,19-13-7-3-8-14-19)20-15-9-4-10-16-20;1-17(22-2)12(21)9-7(19)8(20)13(23-9)18-4-3-6-10(14)15-5-16-11(6)18;1-13-10(14-2)6-7-5-8(12)3-4-9(7)11;1-12-10(13-2)7-8-4-3-5-9(11)6-8;1-12-5-4-7-6-8(11)2-3-9(7)10;8-7-2-1-6(9)3-5(7)4-10;1-3-4-2;;;;;/h5-9,11,16,18-20,23H,10H2,1-4H3;2-16H,17H2,1H3;3-5,7-9,13,19-20H,1-2H3;3-5,10H,6H2,1-2H3;3,5-6,10H,7H2,1-2H3;2-6H,1H3;1-4H;1,3-4H2,2H3;2*1H4;1H;;/q;+1;;;-1;;;-1;;;;2*+1/p-1/b;;;;;5-4+;;;;;;;/t18-,19-,20-,23-;;7-,8+,9-,13+;;;;;;;;;;/m1.0........../s1. The third-order valence-electron chi connectivity index (χ3n) is 20.4. The maximum atomic E-state index is 13.9. The number of rotatable bonds is 27. The van der Waals surface area contributed by atoms with Crippen LogP contribution in [0.1, 0.15) is 104 Å². The molecule has 138 heavy (non-hydrogen) atoms. The topological polar surface area (TPSA) is 276 Å². The van der Waals surface area contributed by atoms with Crippen LogP contribution in [-0.2, 0) is 85.7 Å². The fourth-order valence-corrected chi connectivity index (χ4v) is 19.9. The number of likely N-dealkylation sites (N-methyl/N-ethyl adjacent to an activating group) is 1. The van der Waals surface area contributed by atoms with Crippen molar-refractivity contribution in [1.29, 1.82) is 0 Å². The molecular weight excluding hydrogens is 2140 g/mol. The number of carbonyl (C=O) groups is 3. The molecule has 0 unspecified atom stereocenters. The smallest absolute Gasteiger partial charge is 1.00 e. The largest absolute Gasteiger partial charge is 1.00 e. The number of carbonyl (C=O) groups excluding carboxylic acids is 3. The second-order valence-corrected chi connectivity index (χ2v) is 38.4. The number of aliphatic hydroxyl groups excluding tert-OH is 2. The van der Waals surface area contributed by atoms with Crippen molar-refractivity contribution in [3.63, 3.8) is 0 Å². The molecule has 0 saturated carbocycles. The minimum Gasteiger partial charge on any atom is -1.00 e. The first kappa shape index (κ1) is 126. The molecular formula is C99H113Br3Cl8Li2N7O18P. The summed E-state index contributed by atoms with van der Waals surface area (Å²) in [5.74, 6) is -1.75. The predicted molar refractivity (Wildman–Crippen MR) is 549 cm³/mol. The summed E-state index contributed by atoms with van der Waals surface area (Å²) in [6.07, 6.45) is 6.17. The van der Waals surface area contributed by atoms with E-state index in [1.54, 1.807) is 141 Å². The van der Waals surface area contributed by atoms with Crippen LogP contribution in [0.5, 0.6) is 0 Å². The molecule has 3 aliphatic rings. The Morgan fingerprint density at radius 2 is 0.971 bits per heavy atom. The zero-order chi connectivity index (χ0) is 97.1. The fourth-order valence-electron chi connectivity index (χ4n) is 13.7. The predicted octanol–water partition coefficient (Wildman–Crippen LogP) is 13.6. The molecule has 2 N–H and O–H groups in total. The van der Waals surface area contributed by atoms with Gasteiger partial charge in [0.15, 0.2) is 67.7 Å². The van der Waals surface area contributed by atoms with Gasteiger partial charge in [-0.25, -0.2) is 25.0 Å². The molecule has 1 amide bonds. The summed E-state index contributed by atoms with van der Waals surface area (Å²) in [7, 11) is 13.9. The van der Waals surface area contributed by atoms with Crippen molar-refractivity contribution in [3.8, 4) is 0 Å². The molecule has 25 nitrogen and oxygen atoms in total. The molecule has 0 spiro atoms. The number of nitrogens with zero attached hydrogens (tertiary/aromatic N) is 7. The molecule has 0 radical (unpaired) electrons. The first-order valence-electron chi connectivity index (χ1n) is 41.1. The van der Waals surface area contributed by atoms with Crippen LogP contribution in [0.2, 0.25) is 35.4 Å². The molecule has 0 aliphatic carbocycles. The van der Waals surface area contributed by atoms with Crippen LogP contribution in [-0.4, -0.2) is 201 Å². The Labute approximate surface area is 899 Å². The Morgan fingerprint density at radius 3 is 1.42 bits per heavy atom. The van der Waals surface area contributed by atoms with Gasteiger partial charge in [0.25, 0.3) is 5.91 Å². The van der Waals surface area contributed by atoms with Gasteiger partial charge in [-0.3, -0.25) is 19.2 Å². The van der Waals surface area contributed by atoms with E-state index in [1.807, 2.05) is 62.4 Å². The maximum absolute atomic E-state index is 13.9. The van der Waals surface area contributed by atoms with Crippen molar-refractivity contribution in [3.05, 3.63) is 321 Å². The van der Waals surface area contributed by atoms with Gasteiger partial charge >= 0.3 is 37.7 Å². The molecule has 7 heterocycles. The Kier molecular flexibility index (Phi) is 58.7. The molecule has 12 aromatic rings. The molecule has 8 atom stereocenters. The summed E-state index contributed by atoms with van der Waals surface area (Å²) in [4.78, 5) is 57.4. The third-order valence-corrected chi connectivity index (χ3v) is 28.6. The Balaban J connectivity index is 0.000000425. The number of benzene rings is 8. The molecule has 15 rings (SSSR count). The van der Waals surface area contributed by atoms with Crippen molar-refractivity contribution in [2.24, 2.45) is 0 Å². The number of hydrogen-bond donors (Lipinski definition) is 2. The zero-order valence-electron chi connectivity index (χ0n) is 77.5. The van der Waals surface area contributed by atoms with Crippen molar-refractivity contribution in [2.45, 2.75) is 141 Å². The monoisotopic (exact) mass is 2250 g/mol. The third kappa shape index (κ3) is 35.6. The fraction of sp³-hybridized carbons (Fsp3) is 0.333. The minimum absolute atomic E-state index is 0. The summed E-state index contributed by atoms with van der Waals surface area (Å²) in [6, 6.07) is 65.7. The van der Waals surface area contributed by atoms with Gasteiger partial charge in [-0.05, 0) is 158 Å². The van der Waals surface area contributed by atoms with Gasteiger partial charge in [0.2, 0.25) is 0 Å². The molecule has 0 bridgehead atoms. The van der Waals surface area contributed by atoms with E-state index in [1.165, 1.54) is 53.7 Å². The van der Waals surface area contributed by atoms with E-state index < -0.39 is 74.3 Å². The molecule has 736 valence electrons. The van der Waals surface area contributed by atoms with Crippen LogP contribution < -0.4 is 66.0 Å². The molecule has 4 aromatic heterocycles. The van der Waals surface area contributed by atoms with E-state index in [0.29, 0.717) is 94.6 Å². The number of ketones is 1. The van der Waals surface area contributed by atoms with Crippen molar-refractivity contribution in [1.82, 2.24) is 34.1 Å². The minimum atomic E-state index is -1.78. The van der Waals surface area contributed by atoms with Crippen molar-refractivity contribution in [2.75, 3.05) is 77.4 Å². The van der Waals surface area contributed by atoms with E-state index in [9.17, 15) is 24.6 Å². The van der Waals surface area contributed by atoms with Gasteiger partial charge in [-0.2, -0.15) is 30.2 Å². The molecule has 3 saturated heterocycles. The van der Waals surface area contributed by atoms with Gasteiger partial charge < -0.3 is 95.5 Å². The van der Waals surface area contributed by atoms with Crippen molar-refractivity contribution >= 4 is 198 Å². The summed E-state index contributed by atoms with van der Waals surface area (Å²) in [5.41, 5.74) is 5.78. The van der Waals surface area contributed by atoms with E-state index in [4.69, 9.17) is 143 Å². The van der Waals surface area contributed by atoms with Gasteiger partial charge in [-0.15, -0.1) is 17.7 Å².